The van der Waals surface area contributed by atoms with Gasteiger partial charge in [0.15, 0.2) is 5.58 Å². The molecule has 0 spiro atoms. The van der Waals surface area contributed by atoms with Crippen molar-refractivity contribution in [3.63, 3.8) is 0 Å². The van der Waals surface area contributed by atoms with E-state index in [9.17, 15) is 4.79 Å². The zero-order valence-electron chi connectivity index (χ0n) is 11.1. The number of rotatable bonds is 3. The molecule has 20 heavy (non-hydrogen) atoms. The SMILES string of the molecule is CC(C)n1c(=O)oc2cc(CN=C(C#N)C#N)ccc21. The normalized spacial score (nSPS) is 10.2. The highest BCUT2D eigenvalue weighted by molar-refractivity contribution is 6.10. The molecule has 0 amide bonds. The summed E-state index contributed by atoms with van der Waals surface area (Å²) in [7, 11) is 0. The van der Waals surface area contributed by atoms with Crippen molar-refractivity contribution < 1.29 is 4.42 Å². The van der Waals surface area contributed by atoms with Gasteiger partial charge in [0.25, 0.3) is 0 Å². The van der Waals surface area contributed by atoms with Crippen LogP contribution in [0.4, 0.5) is 0 Å². The molecule has 0 bridgehead atoms. The Balaban J connectivity index is 2.42. The number of aliphatic imine (C=N–C) groups is 1. The quantitative estimate of drug-likeness (QED) is 0.797. The molecule has 0 aliphatic carbocycles. The average molecular weight is 268 g/mol. The summed E-state index contributed by atoms with van der Waals surface area (Å²) in [4.78, 5) is 15.6. The third-order valence-corrected chi connectivity index (χ3v) is 2.83. The van der Waals surface area contributed by atoms with Gasteiger partial charge < -0.3 is 4.42 Å². The molecule has 0 unspecified atom stereocenters. The molecule has 0 radical (unpaired) electrons. The van der Waals surface area contributed by atoms with Crippen LogP contribution in [0.3, 0.4) is 0 Å². The van der Waals surface area contributed by atoms with Crippen LogP contribution in [0.25, 0.3) is 11.1 Å². The Bertz CT molecular complexity index is 796. The Morgan fingerprint density at radius 1 is 1.40 bits per heavy atom. The molecule has 0 atom stereocenters. The smallest absolute Gasteiger partial charge is 0.408 e. The lowest BCUT2D eigenvalue weighted by Gasteiger charge is -2.05. The number of aromatic nitrogens is 1. The van der Waals surface area contributed by atoms with Crippen LogP contribution in [-0.4, -0.2) is 10.3 Å². The number of nitrogens with zero attached hydrogens (tertiary/aromatic N) is 4. The lowest BCUT2D eigenvalue weighted by molar-refractivity contribution is 0.478. The Labute approximate surface area is 115 Å². The molecule has 6 heteroatoms. The van der Waals surface area contributed by atoms with E-state index in [-0.39, 0.29) is 18.3 Å². The molecule has 1 aromatic carbocycles. The summed E-state index contributed by atoms with van der Waals surface area (Å²) in [6.07, 6.45) is 0. The van der Waals surface area contributed by atoms with Crippen molar-refractivity contribution in [3.05, 3.63) is 34.3 Å². The third-order valence-electron chi connectivity index (χ3n) is 2.83. The zero-order chi connectivity index (χ0) is 14.7. The lowest BCUT2D eigenvalue weighted by atomic mass is 10.2. The van der Waals surface area contributed by atoms with Crippen LogP contribution in [0, 0.1) is 22.7 Å². The number of benzene rings is 1. The van der Waals surface area contributed by atoms with Gasteiger partial charge in [0.1, 0.15) is 12.1 Å². The Kier molecular flexibility index (Phi) is 3.67. The molecule has 1 aromatic heterocycles. The van der Waals surface area contributed by atoms with Crippen LogP contribution in [-0.2, 0) is 6.54 Å². The van der Waals surface area contributed by atoms with Crippen molar-refractivity contribution in [2.75, 3.05) is 0 Å². The Morgan fingerprint density at radius 2 is 2.10 bits per heavy atom. The minimum Gasteiger partial charge on any atom is -0.408 e. The maximum atomic E-state index is 11.7. The standard InChI is InChI=1S/C14H12N4O2/c1-9(2)18-12-4-3-10(5-13(12)20-14(18)19)8-17-11(6-15)7-16/h3-5,9H,8H2,1-2H3. The summed E-state index contributed by atoms with van der Waals surface area (Å²) >= 11 is 0. The predicted octanol–water partition coefficient (Wildman–Crippen LogP) is 2.16. The van der Waals surface area contributed by atoms with Crippen molar-refractivity contribution >= 4 is 16.8 Å². The van der Waals surface area contributed by atoms with Gasteiger partial charge in [0, 0.05) is 6.04 Å². The summed E-state index contributed by atoms with van der Waals surface area (Å²) in [5.74, 6) is -0.398. The highest BCUT2D eigenvalue weighted by atomic mass is 16.4. The fourth-order valence-electron chi connectivity index (χ4n) is 1.93. The van der Waals surface area contributed by atoms with Gasteiger partial charge in [-0.05, 0) is 31.5 Å². The van der Waals surface area contributed by atoms with E-state index >= 15 is 0 Å². The molecular weight excluding hydrogens is 256 g/mol. The topological polar surface area (TPSA) is 95.1 Å². The largest absolute Gasteiger partial charge is 0.420 e. The second-order valence-electron chi connectivity index (χ2n) is 4.52. The predicted molar refractivity (Wildman–Crippen MR) is 73.2 cm³/mol. The van der Waals surface area contributed by atoms with Gasteiger partial charge in [0.05, 0.1) is 12.1 Å². The van der Waals surface area contributed by atoms with E-state index in [1.54, 1.807) is 34.9 Å². The van der Waals surface area contributed by atoms with Crippen molar-refractivity contribution in [1.82, 2.24) is 4.57 Å². The number of hydrogen-bond donors (Lipinski definition) is 0. The second kappa shape index (κ2) is 5.41. The second-order valence-corrected chi connectivity index (χ2v) is 4.52. The maximum Gasteiger partial charge on any atom is 0.420 e. The molecule has 1 heterocycles. The van der Waals surface area contributed by atoms with Gasteiger partial charge in [-0.1, -0.05) is 6.07 Å². The van der Waals surface area contributed by atoms with Crippen molar-refractivity contribution in [1.29, 1.82) is 10.5 Å². The van der Waals surface area contributed by atoms with Gasteiger partial charge in [-0.15, -0.1) is 0 Å². The van der Waals surface area contributed by atoms with Gasteiger partial charge >= 0.3 is 5.76 Å². The number of fused-ring (bicyclic) bond motifs is 1. The molecule has 0 aliphatic heterocycles. The Hall–Kier alpha value is -2.86. The van der Waals surface area contributed by atoms with Crippen molar-refractivity contribution in [3.8, 4) is 12.1 Å². The van der Waals surface area contributed by atoms with E-state index in [0.29, 0.717) is 5.58 Å². The van der Waals surface area contributed by atoms with E-state index in [1.807, 2.05) is 13.8 Å². The minimum absolute atomic E-state index is 0.0106. The van der Waals surface area contributed by atoms with E-state index in [4.69, 9.17) is 14.9 Å². The average Bonchev–Trinajstić information content (AvgIpc) is 2.75. The van der Waals surface area contributed by atoms with Crippen LogP contribution >= 0.6 is 0 Å². The molecule has 0 saturated heterocycles. The molecule has 0 N–H and O–H groups in total. The molecule has 6 nitrogen and oxygen atoms in total. The molecular formula is C14H12N4O2. The first-order chi connectivity index (χ1) is 9.56. The van der Waals surface area contributed by atoms with Gasteiger partial charge in [0.2, 0.25) is 5.71 Å². The summed E-state index contributed by atoms with van der Waals surface area (Å²) in [6, 6.07) is 8.69. The molecule has 0 saturated carbocycles. The van der Waals surface area contributed by atoms with Gasteiger partial charge in [-0.25, -0.2) is 4.79 Å². The maximum absolute atomic E-state index is 11.7. The summed E-state index contributed by atoms with van der Waals surface area (Å²) in [6.45, 7) is 4.00. The van der Waals surface area contributed by atoms with E-state index in [0.717, 1.165) is 11.1 Å². The van der Waals surface area contributed by atoms with E-state index < -0.39 is 5.76 Å². The van der Waals surface area contributed by atoms with Crippen LogP contribution in [0.2, 0.25) is 0 Å². The van der Waals surface area contributed by atoms with Crippen LogP contribution < -0.4 is 5.76 Å². The fourth-order valence-corrected chi connectivity index (χ4v) is 1.93. The molecule has 100 valence electrons. The summed E-state index contributed by atoms with van der Waals surface area (Å²) in [5.41, 5.74) is 1.79. The lowest BCUT2D eigenvalue weighted by Crippen LogP contribution is -2.15. The highest BCUT2D eigenvalue weighted by Gasteiger charge is 2.12. The van der Waals surface area contributed by atoms with Gasteiger partial charge in [-0.3, -0.25) is 9.56 Å². The number of hydrogen-bond acceptors (Lipinski definition) is 5. The summed E-state index contributed by atoms with van der Waals surface area (Å²) in [5, 5.41) is 17.2. The first-order valence-corrected chi connectivity index (χ1v) is 6.05. The number of nitriles is 2. The highest BCUT2D eigenvalue weighted by Crippen LogP contribution is 2.18. The number of oxazole rings is 1. The minimum atomic E-state index is -0.398. The first kappa shape index (κ1) is 13.6. The van der Waals surface area contributed by atoms with Crippen LogP contribution in [0.1, 0.15) is 25.5 Å². The van der Waals surface area contributed by atoms with Crippen LogP contribution in [0.15, 0.2) is 32.4 Å². The van der Waals surface area contributed by atoms with Crippen LogP contribution in [0.5, 0.6) is 0 Å². The molecule has 2 rings (SSSR count). The van der Waals surface area contributed by atoms with Crippen molar-refractivity contribution in [2.24, 2.45) is 4.99 Å². The summed E-state index contributed by atoms with van der Waals surface area (Å²) < 4.78 is 6.76. The molecule has 0 fully saturated rings. The van der Waals surface area contributed by atoms with E-state index in [2.05, 4.69) is 4.99 Å². The third kappa shape index (κ3) is 2.45. The fraction of sp³-hybridized carbons (Fsp3) is 0.286. The van der Waals surface area contributed by atoms with Crippen molar-refractivity contribution in [2.45, 2.75) is 26.4 Å². The zero-order valence-corrected chi connectivity index (χ0v) is 11.1. The molecule has 2 aromatic rings. The first-order valence-electron chi connectivity index (χ1n) is 6.05. The Morgan fingerprint density at radius 3 is 2.70 bits per heavy atom. The van der Waals surface area contributed by atoms with Gasteiger partial charge in [-0.2, -0.15) is 10.5 Å². The monoisotopic (exact) mass is 268 g/mol. The van der Waals surface area contributed by atoms with E-state index in [1.165, 1.54) is 0 Å². The molecule has 0 aliphatic rings.